The highest BCUT2D eigenvalue weighted by Gasteiger charge is 2.29. The molecule has 2 heterocycles. The van der Waals surface area contributed by atoms with Crippen LogP contribution >= 0.6 is 0 Å². The molecule has 1 aromatic carbocycles. The highest BCUT2D eigenvalue weighted by atomic mass is 16.5. The summed E-state index contributed by atoms with van der Waals surface area (Å²) in [6, 6.07) is 5.95. The van der Waals surface area contributed by atoms with Gasteiger partial charge in [-0.1, -0.05) is 12.1 Å². The number of hydrogen-bond donors (Lipinski definition) is 1. The van der Waals surface area contributed by atoms with Gasteiger partial charge in [-0.3, -0.25) is 14.7 Å². The fourth-order valence-electron chi connectivity index (χ4n) is 3.52. The number of nitrogens with zero attached hydrogens (tertiary/aromatic N) is 2. The summed E-state index contributed by atoms with van der Waals surface area (Å²) in [5, 5.41) is 4.06. The molecule has 140 valence electrons. The molecule has 1 saturated heterocycles. The lowest BCUT2D eigenvalue weighted by atomic mass is 9.99. The molecule has 1 fully saturated rings. The van der Waals surface area contributed by atoms with Crippen molar-refractivity contribution >= 4 is 16.8 Å². The van der Waals surface area contributed by atoms with Gasteiger partial charge in [-0.2, -0.15) is 0 Å². The van der Waals surface area contributed by atoms with Gasteiger partial charge in [0.1, 0.15) is 0 Å². The topological polar surface area (TPSA) is 54.5 Å². The molecule has 0 bridgehead atoms. The summed E-state index contributed by atoms with van der Waals surface area (Å²) in [4.78, 5) is 20.0. The van der Waals surface area contributed by atoms with Crippen molar-refractivity contribution in [2.24, 2.45) is 0 Å². The Bertz CT molecular complexity index is 824. The van der Waals surface area contributed by atoms with Crippen molar-refractivity contribution in [3.63, 3.8) is 0 Å². The van der Waals surface area contributed by atoms with Crippen LogP contribution in [0.5, 0.6) is 0 Å². The molecule has 0 unspecified atom stereocenters. The number of carbonyl (C=O) groups is 1. The van der Waals surface area contributed by atoms with Crippen molar-refractivity contribution in [2.75, 3.05) is 32.8 Å². The minimum Gasteiger partial charge on any atom is -0.379 e. The van der Waals surface area contributed by atoms with Gasteiger partial charge in [-0.15, -0.1) is 0 Å². The van der Waals surface area contributed by atoms with Crippen LogP contribution in [0.4, 0.5) is 0 Å². The van der Waals surface area contributed by atoms with Gasteiger partial charge in [-0.25, -0.2) is 0 Å². The van der Waals surface area contributed by atoms with Crippen LogP contribution in [-0.2, 0) is 4.74 Å². The van der Waals surface area contributed by atoms with E-state index in [4.69, 9.17) is 4.74 Å². The quantitative estimate of drug-likeness (QED) is 0.916. The Kier molecular flexibility index (Phi) is 5.30. The molecule has 0 spiro atoms. The number of fused-ring (bicyclic) bond motifs is 1. The van der Waals surface area contributed by atoms with Crippen LogP contribution in [0, 0.1) is 20.8 Å². The predicted molar refractivity (Wildman–Crippen MR) is 105 cm³/mol. The lowest BCUT2D eigenvalue weighted by molar-refractivity contribution is -0.00922. The number of carbonyl (C=O) groups excluding carboxylic acids is 1. The highest BCUT2D eigenvalue weighted by Crippen LogP contribution is 2.24. The van der Waals surface area contributed by atoms with E-state index < -0.39 is 0 Å². The average Bonchev–Trinajstić information content (AvgIpc) is 2.63. The lowest BCUT2D eigenvalue weighted by Gasteiger charge is -2.40. The first kappa shape index (κ1) is 18.8. The number of pyridine rings is 1. The second-order valence-electron chi connectivity index (χ2n) is 7.81. The van der Waals surface area contributed by atoms with Crippen molar-refractivity contribution in [2.45, 2.75) is 40.2 Å². The largest absolute Gasteiger partial charge is 0.379 e. The summed E-state index contributed by atoms with van der Waals surface area (Å²) in [5.41, 5.74) is 4.70. The average molecular weight is 355 g/mol. The zero-order chi connectivity index (χ0) is 18.9. The molecule has 0 saturated carbocycles. The van der Waals surface area contributed by atoms with Gasteiger partial charge >= 0.3 is 0 Å². The molecular weight excluding hydrogens is 326 g/mol. The lowest BCUT2D eigenvalue weighted by Crippen LogP contribution is -2.55. The van der Waals surface area contributed by atoms with Gasteiger partial charge in [0.2, 0.25) is 0 Å². The Morgan fingerprint density at radius 3 is 2.62 bits per heavy atom. The third kappa shape index (κ3) is 3.74. The number of rotatable bonds is 4. The van der Waals surface area contributed by atoms with Crippen LogP contribution < -0.4 is 5.32 Å². The smallest absolute Gasteiger partial charge is 0.252 e. The van der Waals surface area contributed by atoms with Crippen molar-refractivity contribution in [3.8, 4) is 0 Å². The number of ether oxygens (including phenoxy) is 1. The van der Waals surface area contributed by atoms with Crippen molar-refractivity contribution in [1.29, 1.82) is 0 Å². The summed E-state index contributed by atoms with van der Waals surface area (Å²) < 4.78 is 5.44. The SMILES string of the molecule is Cc1cc(C(=O)NCC(C)(C)N2CCOCC2)c2ccc(C)c(C)c2n1. The molecular formula is C21H29N3O2. The molecule has 1 aliphatic rings. The Morgan fingerprint density at radius 2 is 1.92 bits per heavy atom. The molecule has 0 radical (unpaired) electrons. The summed E-state index contributed by atoms with van der Waals surface area (Å²) in [5.74, 6) is -0.0370. The number of aryl methyl sites for hydroxylation is 3. The van der Waals surface area contributed by atoms with E-state index in [2.05, 4.69) is 49.0 Å². The Balaban J connectivity index is 1.83. The third-order valence-electron chi connectivity index (χ3n) is 5.43. The molecule has 0 aliphatic carbocycles. The summed E-state index contributed by atoms with van der Waals surface area (Å²) in [7, 11) is 0. The summed E-state index contributed by atoms with van der Waals surface area (Å²) in [6.45, 7) is 14.3. The number of amides is 1. The Morgan fingerprint density at radius 1 is 1.23 bits per heavy atom. The summed E-state index contributed by atoms with van der Waals surface area (Å²) in [6.07, 6.45) is 0. The van der Waals surface area contributed by atoms with Crippen molar-refractivity contribution in [1.82, 2.24) is 15.2 Å². The number of morpholine rings is 1. The maximum Gasteiger partial charge on any atom is 0.252 e. The van der Waals surface area contributed by atoms with Gasteiger partial charge in [0.15, 0.2) is 0 Å². The first-order chi connectivity index (χ1) is 12.3. The van der Waals surface area contributed by atoms with E-state index in [1.54, 1.807) is 0 Å². The normalized spacial score (nSPS) is 16.0. The van der Waals surface area contributed by atoms with Crippen LogP contribution in [0.15, 0.2) is 18.2 Å². The monoisotopic (exact) mass is 355 g/mol. The fraction of sp³-hybridized carbons (Fsp3) is 0.524. The summed E-state index contributed by atoms with van der Waals surface area (Å²) >= 11 is 0. The Hall–Kier alpha value is -1.98. The van der Waals surface area contributed by atoms with E-state index in [0.717, 1.165) is 48.5 Å². The molecule has 2 aromatic rings. The zero-order valence-electron chi connectivity index (χ0n) is 16.5. The molecule has 5 heteroatoms. The standard InChI is InChI=1S/C21H29N3O2/c1-14-6-7-17-18(12-15(2)23-19(17)16(14)3)20(25)22-13-21(4,5)24-8-10-26-11-9-24/h6-7,12H,8-11,13H2,1-5H3,(H,22,25). The molecule has 1 aromatic heterocycles. The van der Waals surface area contributed by atoms with Crippen molar-refractivity contribution < 1.29 is 9.53 Å². The number of nitrogens with one attached hydrogen (secondary N) is 1. The maximum absolute atomic E-state index is 13.0. The minimum atomic E-state index is -0.107. The number of benzene rings is 1. The van der Waals surface area contributed by atoms with Crippen molar-refractivity contribution in [3.05, 3.63) is 40.6 Å². The molecule has 5 nitrogen and oxygen atoms in total. The first-order valence-electron chi connectivity index (χ1n) is 9.28. The van der Waals surface area contributed by atoms with E-state index >= 15 is 0 Å². The molecule has 1 aliphatic heterocycles. The minimum absolute atomic E-state index is 0.0370. The van der Waals surface area contributed by atoms with Crippen LogP contribution in [-0.4, -0.2) is 54.2 Å². The van der Waals surface area contributed by atoms with E-state index in [9.17, 15) is 4.79 Å². The van der Waals surface area contributed by atoms with Gasteiger partial charge in [0, 0.05) is 36.3 Å². The molecule has 1 amide bonds. The predicted octanol–water partition coefficient (Wildman–Crippen LogP) is 3.00. The molecule has 1 N–H and O–H groups in total. The van der Waals surface area contributed by atoms with Gasteiger partial charge in [0.05, 0.1) is 24.3 Å². The van der Waals surface area contributed by atoms with Gasteiger partial charge in [0.25, 0.3) is 5.91 Å². The van der Waals surface area contributed by atoms with Crippen LogP contribution in [0.25, 0.3) is 10.9 Å². The first-order valence-corrected chi connectivity index (χ1v) is 9.28. The van der Waals surface area contributed by atoms with Crippen LogP contribution in [0.3, 0.4) is 0 Å². The second kappa shape index (κ2) is 7.33. The second-order valence-corrected chi connectivity index (χ2v) is 7.81. The third-order valence-corrected chi connectivity index (χ3v) is 5.43. The number of hydrogen-bond acceptors (Lipinski definition) is 4. The zero-order valence-corrected chi connectivity index (χ0v) is 16.5. The van der Waals surface area contributed by atoms with E-state index in [1.807, 2.05) is 19.1 Å². The van der Waals surface area contributed by atoms with E-state index in [-0.39, 0.29) is 11.4 Å². The maximum atomic E-state index is 13.0. The van der Waals surface area contributed by atoms with Crippen LogP contribution in [0.1, 0.15) is 41.0 Å². The van der Waals surface area contributed by atoms with Gasteiger partial charge in [-0.05, 0) is 51.8 Å². The molecule has 0 atom stereocenters. The Labute approximate surface area is 155 Å². The van der Waals surface area contributed by atoms with Crippen LogP contribution in [0.2, 0.25) is 0 Å². The van der Waals surface area contributed by atoms with Gasteiger partial charge < -0.3 is 10.1 Å². The number of aromatic nitrogens is 1. The fourth-order valence-corrected chi connectivity index (χ4v) is 3.52. The van der Waals surface area contributed by atoms with E-state index in [1.165, 1.54) is 5.56 Å². The molecule has 26 heavy (non-hydrogen) atoms. The highest BCUT2D eigenvalue weighted by molar-refractivity contribution is 6.07. The van der Waals surface area contributed by atoms with E-state index in [0.29, 0.717) is 12.1 Å². The molecule has 3 rings (SSSR count).